The molecule has 20 heavy (non-hydrogen) atoms. The van der Waals surface area contributed by atoms with Crippen LogP contribution in [0.3, 0.4) is 0 Å². The number of hydrogen-bond acceptors (Lipinski definition) is 4. The second-order valence-electron chi connectivity index (χ2n) is 4.06. The van der Waals surface area contributed by atoms with Crippen molar-refractivity contribution in [3.05, 3.63) is 54.1 Å². The number of hydrogen-bond donors (Lipinski definition) is 2. The number of nitrogens with two attached hydrogens (primary N) is 1. The number of rotatable bonds is 4. The molecule has 0 saturated heterocycles. The summed E-state index contributed by atoms with van der Waals surface area (Å²) < 4.78 is 13.7. The van der Waals surface area contributed by atoms with E-state index in [2.05, 4.69) is 10.4 Å². The average Bonchev–Trinajstić information content (AvgIpc) is 2.48. The minimum atomic E-state index is -0.566. The van der Waals surface area contributed by atoms with E-state index in [0.29, 0.717) is 12.2 Å². The molecule has 0 aliphatic carbocycles. The highest BCUT2D eigenvalue weighted by molar-refractivity contribution is 6.09. The van der Waals surface area contributed by atoms with Crippen LogP contribution in [0.25, 0.3) is 0 Å². The number of nitrogens with zero attached hydrogens (tertiary/aromatic N) is 2. The van der Waals surface area contributed by atoms with Crippen LogP contribution in [-0.2, 0) is 0 Å². The van der Waals surface area contributed by atoms with Gasteiger partial charge in [-0.15, -0.1) is 0 Å². The molecule has 0 radical (unpaired) electrons. The molecule has 0 unspecified atom stereocenters. The minimum absolute atomic E-state index is 0.00925. The van der Waals surface area contributed by atoms with E-state index in [1.54, 1.807) is 24.5 Å². The van der Waals surface area contributed by atoms with Crippen LogP contribution >= 0.6 is 0 Å². The molecule has 2 rings (SSSR count). The van der Waals surface area contributed by atoms with Crippen molar-refractivity contribution >= 4 is 17.3 Å². The number of halogens is 1. The fourth-order valence-corrected chi connectivity index (χ4v) is 1.96. The fourth-order valence-electron chi connectivity index (χ4n) is 1.96. The molecule has 0 bridgehead atoms. The Labute approximate surface area is 116 Å². The van der Waals surface area contributed by atoms with Crippen molar-refractivity contribution in [2.75, 3.05) is 16.9 Å². The smallest absolute Gasteiger partial charge is 0.260 e. The third-order valence-electron chi connectivity index (χ3n) is 2.92. The molecule has 6 heteroatoms. The van der Waals surface area contributed by atoms with Crippen molar-refractivity contribution in [2.24, 2.45) is 5.84 Å². The molecule has 104 valence electrons. The molecule has 0 aliphatic heterocycles. The minimum Gasteiger partial charge on any atom is -0.321 e. The lowest BCUT2D eigenvalue weighted by Gasteiger charge is -2.22. The highest BCUT2D eigenvalue weighted by Crippen LogP contribution is 2.23. The van der Waals surface area contributed by atoms with Gasteiger partial charge in [0.25, 0.3) is 5.91 Å². The van der Waals surface area contributed by atoms with Gasteiger partial charge in [-0.1, -0.05) is 6.07 Å². The quantitative estimate of drug-likeness (QED) is 0.662. The molecule has 0 spiro atoms. The zero-order chi connectivity index (χ0) is 14.5. The Morgan fingerprint density at radius 2 is 2.05 bits per heavy atom. The third kappa shape index (κ3) is 2.60. The van der Waals surface area contributed by atoms with E-state index >= 15 is 0 Å². The molecular formula is C14H15FN4O. The normalized spacial score (nSPS) is 10.2. The van der Waals surface area contributed by atoms with E-state index in [1.165, 1.54) is 23.1 Å². The second kappa shape index (κ2) is 6.12. The predicted molar refractivity (Wildman–Crippen MR) is 75.8 cm³/mol. The van der Waals surface area contributed by atoms with Gasteiger partial charge in [0.05, 0.1) is 11.3 Å². The number of carbonyl (C=O) groups is 1. The van der Waals surface area contributed by atoms with Crippen LogP contribution < -0.4 is 16.2 Å². The molecule has 0 fully saturated rings. The van der Waals surface area contributed by atoms with E-state index < -0.39 is 5.82 Å². The standard InChI is InChI=1S/C14H15FN4O/c1-2-19(10-6-8-17-9-7-10)14(20)11-4-3-5-12(15)13(11)18-16/h3-9,18H,2,16H2,1H3. The summed E-state index contributed by atoms with van der Waals surface area (Å²) in [6.45, 7) is 2.29. The highest BCUT2D eigenvalue weighted by atomic mass is 19.1. The first-order valence-electron chi connectivity index (χ1n) is 6.16. The van der Waals surface area contributed by atoms with E-state index in [1.807, 2.05) is 6.92 Å². The topological polar surface area (TPSA) is 71.2 Å². The van der Waals surface area contributed by atoms with E-state index in [4.69, 9.17) is 5.84 Å². The van der Waals surface area contributed by atoms with Gasteiger partial charge in [-0.25, -0.2) is 4.39 Å². The maximum Gasteiger partial charge on any atom is 0.260 e. The third-order valence-corrected chi connectivity index (χ3v) is 2.92. The Morgan fingerprint density at radius 1 is 1.35 bits per heavy atom. The van der Waals surface area contributed by atoms with Gasteiger partial charge >= 0.3 is 0 Å². The molecule has 0 aliphatic rings. The van der Waals surface area contributed by atoms with E-state index in [0.717, 1.165) is 0 Å². The Kier molecular flexibility index (Phi) is 4.27. The van der Waals surface area contributed by atoms with Crippen LogP contribution in [0.2, 0.25) is 0 Å². The van der Waals surface area contributed by atoms with Crippen LogP contribution in [0, 0.1) is 5.82 Å². The Morgan fingerprint density at radius 3 is 2.65 bits per heavy atom. The van der Waals surface area contributed by atoms with E-state index in [9.17, 15) is 9.18 Å². The summed E-state index contributed by atoms with van der Waals surface area (Å²) >= 11 is 0. The summed E-state index contributed by atoms with van der Waals surface area (Å²) in [6.07, 6.45) is 3.19. The summed E-state index contributed by atoms with van der Waals surface area (Å²) in [5, 5.41) is 0. The maximum absolute atomic E-state index is 13.7. The number of anilines is 2. The van der Waals surface area contributed by atoms with Crippen molar-refractivity contribution in [3.8, 4) is 0 Å². The molecule has 1 aromatic carbocycles. The maximum atomic E-state index is 13.7. The van der Waals surface area contributed by atoms with Crippen molar-refractivity contribution < 1.29 is 9.18 Å². The molecule has 1 amide bonds. The first-order chi connectivity index (χ1) is 9.69. The second-order valence-corrected chi connectivity index (χ2v) is 4.06. The zero-order valence-electron chi connectivity index (χ0n) is 11.0. The average molecular weight is 274 g/mol. The Balaban J connectivity index is 2.42. The van der Waals surface area contributed by atoms with Crippen LogP contribution in [-0.4, -0.2) is 17.4 Å². The van der Waals surface area contributed by atoms with Crippen molar-refractivity contribution in [2.45, 2.75) is 6.92 Å². The summed E-state index contributed by atoms with van der Waals surface area (Å²) in [5.74, 6) is 4.41. The van der Waals surface area contributed by atoms with Gasteiger partial charge < -0.3 is 10.3 Å². The van der Waals surface area contributed by atoms with Crippen LogP contribution in [0.4, 0.5) is 15.8 Å². The molecule has 2 aromatic rings. The van der Waals surface area contributed by atoms with Gasteiger partial charge in [0, 0.05) is 24.6 Å². The molecule has 0 atom stereocenters. The lowest BCUT2D eigenvalue weighted by atomic mass is 10.1. The van der Waals surface area contributed by atoms with Crippen LogP contribution in [0.5, 0.6) is 0 Å². The lowest BCUT2D eigenvalue weighted by molar-refractivity contribution is 0.0988. The monoisotopic (exact) mass is 274 g/mol. The lowest BCUT2D eigenvalue weighted by Crippen LogP contribution is -2.31. The summed E-state index contributed by atoms with van der Waals surface area (Å²) in [6, 6.07) is 7.69. The van der Waals surface area contributed by atoms with Crippen LogP contribution in [0.15, 0.2) is 42.7 Å². The number of hydrazine groups is 1. The van der Waals surface area contributed by atoms with Gasteiger partial charge in [-0.3, -0.25) is 15.6 Å². The number of carbonyl (C=O) groups excluding carboxylic acids is 1. The molecule has 1 heterocycles. The molecule has 1 aromatic heterocycles. The molecular weight excluding hydrogens is 259 g/mol. The highest BCUT2D eigenvalue weighted by Gasteiger charge is 2.20. The number of pyridine rings is 1. The number of benzene rings is 1. The van der Waals surface area contributed by atoms with Crippen molar-refractivity contribution in [1.82, 2.24) is 4.98 Å². The Hall–Kier alpha value is -2.47. The predicted octanol–water partition coefficient (Wildman–Crippen LogP) is 2.17. The molecule has 0 saturated carbocycles. The van der Waals surface area contributed by atoms with Gasteiger partial charge in [0.15, 0.2) is 0 Å². The summed E-state index contributed by atoms with van der Waals surface area (Å²) in [4.78, 5) is 18.0. The van der Waals surface area contributed by atoms with Crippen molar-refractivity contribution in [1.29, 1.82) is 0 Å². The fraction of sp³-hybridized carbons (Fsp3) is 0.143. The molecule has 3 N–H and O–H groups in total. The van der Waals surface area contributed by atoms with Crippen molar-refractivity contribution in [3.63, 3.8) is 0 Å². The SMILES string of the molecule is CCN(C(=O)c1cccc(F)c1NN)c1ccncc1. The van der Waals surface area contributed by atoms with Gasteiger partial charge in [-0.05, 0) is 31.2 Å². The van der Waals surface area contributed by atoms with Gasteiger partial charge in [0.2, 0.25) is 0 Å². The number of para-hydroxylation sites is 1. The number of aromatic nitrogens is 1. The van der Waals surface area contributed by atoms with Gasteiger partial charge in [-0.2, -0.15) is 0 Å². The van der Waals surface area contributed by atoms with Crippen LogP contribution in [0.1, 0.15) is 17.3 Å². The van der Waals surface area contributed by atoms with E-state index in [-0.39, 0.29) is 17.2 Å². The summed E-state index contributed by atoms with van der Waals surface area (Å²) in [5.41, 5.74) is 3.11. The first kappa shape index (κ1) is 14.0. The van der Waals surface area contributed by atoms with Gasteiger partial charge in [0.1, 0.15) is 5.82 Å². The zero-order valence-corrected chi connectivity index (χ0v) is 11.0. The number of nitrogen functional groups attached to an aromatic ring is 1. The Bertz CT molecular complexity index is 603. The summed E-state index contributed by atoms with van der Waals surface area (Å²) in [7, 11) is 0. The molecule has 5 nitrogen and oxygen atoms in total. The largest absolute Gasteiger partial charge is 0.321 e. The first-order valence-corrected chi connectivity index (χ1v) is 6.16. The number of amides is 1. The number of nitrogens with one attached hydrogen (secondary N) is 1.